The maximum Gasteiger partial charge on any atom is 0.0593 e. The van der Waals surface area contributed by atoms with Crippen LogP contribution >= 0.6 is 0 Å². The van der Waals surface area contributed by atoms with Crippen LogP contribution in [0.2, 0.25) is 0 Å². The van der Waals surface area contributed by atoms with E-state index in [9.17, 15) is 0 Å². The van der Waals surface area contributed by atoms with Crippen molar-refractivity contribution in [3.05, 3.63) is 23.0 Å². The zero-order valence-electron chi connectivity index (χ0n) is 12.6. The number of aryl methyl sites for hydroxylation is 1. The molecule has 3 nitrogen and oxygen atoms in total. The molecule has 1 aromatic heterocycles. The average molecular weight is 249 g/mol. The minimum Gasteiger partial charge on any atom is -0.398 e. The van der Waals surface area contributed by atoms with E-state index in [-0.39, 0.29) is 0 Å². The number of hydrogen-bond acceptors (Lipinski definition) is 3. The van der Waals surface area contributed by atoms with Crippen LogP contribution < -0.4 is 5.73 Å². The molecule has 1 aromatic rings. The highest BCUT2D eigenvalue weighted by molar-refractivity contribution is 5.53. The molecule has 3 heteroatoms. The highest BCUT2D eigenvalue weighted by atomic mass is 15.2. The van der Waals surface area contributed by atoms with Crippen LogP contribution in [0, 0.1) is 19.8 Å². The molecule has 0 aromatic carbocycles. The van der Waals surface area contributed by atoms with Gasteiger partial charge in [0.15, 0.2) is 0 Å². The molecule has 102 valence electrons. The second-order valence-electron chi connectivity index (χ2n) is 5.84. The second kappa shape index (κ2) is 6.19. The smallest absolute Gasteiger partial charge is 0.0593 e. The van der Waals surface area contributed by atoms with Crippen molar-refractivity contribution in [1.82, 2.24) is 9.88 Å². The number of hydrogen-bond donors (Lipinski definition) is 1. The molecule has 0 aliphatic heterocycles. The van der Waals surface area contributed by atoms with E-state index in [4.69, 9.17) is 5.73 Å². The van der Waals surface area contributed by atoms with Crippen molar-refractivity contribution in [2.24, 2.45) is 5.92 Å². The van der Waals surface area contributed by atoms with Gasteiger partial charge in [0.2, 0.25) is 0 Å². The summed E-state index contributed by atoms with van der Waals surface area (Å²) in [6.45, 7) is 15.0. The summed E-state index contributed by atoms with van der Waals surface area (Å²) in [5, 5.41) is 0. The molecule has 0 spiro atoms. The molecule has 0 saturated carbocycles. The van der Waals surface area contributed by atoms with Gasteiger partial charge in [-0.3, -0.25) is 9.88 Å². The van der Waals surface area contributed by atoms with Crippen molar-refractivity contribution in [3.8, 4) is 0 Å². The van der Waals surface area contributed by atoms with E-state index in [0.717, 1.165) is 35.6 Å². The highest BCUT2D eigenvalue weighted by Crippen LogP contribution is 2.20. The third kappa shape index (κ3) is 3.70. The Morgan fingerprint density at radius 3 is 2.33 bits per heavy atom. The summed E-state index contributed by atoms with van der Waals surface area (Å²) in [4.78, 5) is 7.00. The van der Waals surface area contributed by atoms with Crippen LogP contribution in [0.3, 0.4) is 0 Å². The molecule has 0 unspecified atom stereocenters. The molecule has 18 heavy (non-hydrogen) atoms. The van der Waals surface area contributed by atoms with Gasteiger partial charge in [-0.05, 0) is 44.7 Å². The molecular formula is C15H27N3. The van der Waals surface area contributed by atoms with Crippen LogP contribution in [0.4, 0.5) is 5.69 Å². The predicted molar refractivity (Wildman–Crippen MR) is 78.5 cm³/mol. The minimum atomic E-state index is 0.524. The van der Waals surface area contributed by atoms with Gasteiger partial charge in [-0.25, -0.2) is 0 Å². The monoisotopic (exact) mass is 249 g/mol. The third-order valence-corrected chi connectivity index (χ3v) is 3.36. The fourth-order valence-electron chi connectivity index (χ4n) is 2.07. The topological polar surface area (TPSA) is 42.2 Å². The summed E-state index contributed by atoms with van der Waals surface area (Å²) in [6, 6.07) is 0.524. The first-order valence-corrected chi connectivity index (χ1v) is 6.77. The number of rotatable bonds is 5. The largest absolute Gasteiger partial charge is 0.398 e. The zero-order valence-corrected chi connectivity index (χ0v) is 12.6. The number of nitrogen functional groups attached to an aromatic ring is 1. The van der Waals surface area contributed by atoms with Gasteiger partial charge in [-0.2, -0.15) is 0 Å². The first-order valence-electron chi connectivity index (χ1n) is 6.77. The van der Waals surface area contributed by atoms with Gasteiger partial charge in [-0.15, -0.1) is 0 Å². The molecule has 0 radical (unpaired) electrons. The Bertz CT molecular complexity index is 397. The number of pyridine rings is 1. The molecule has 0 amide bonds. The maximum atomic E-state index is 6.08. The van der Waals surface area contributed by atoms with E-state index in [2.05, 4.69) is 44.5 Å². The zero-order chi connectivity index (χ0) is 13.9. The molecule has 0 aliphatic rings. The Balaban J connectivity index is 2.91. The Morgan fingerprint density at radius 1 is 1.22 bits per heavy atom. The van der Waals surface area contributed by atoms with Gasteiger partial charge in [0.05, 0.1) is 5.69 Å². The Labute approximate surface area is 111 Å². The Kier molecular flexibility index (Phi) is 5.15. The fourth-order valence-corrected chi connectivity index (χ4v) is 2.07. The van der Waals surface area contributed by atoms with E-state index >= 15 is 0 Å². The second-order valence-corrected chi connectivity index (χ2v) is 5.84. The van der Waals surface area contributed by atoms with E-state index in [0.29, 0.717) is 12.0 Å². The Hall–Kier alpha value is -1.09. The molecule has 0 bridgehead atoms. The lowest BCUT2D eigenvalue weighted by atomic mass is 10.1. The van der Waals surface area contributed by atoms with E-state index in [1.807, 2.05) is 13.1 Å². The fraction of sp³-hybridized carbons (Fsp3) is 0.667. The van der Waals surface area contributed by atoms with E-state index in [1.165, 1.54) is 0 Å². The van der Waals surface area contributed by atoms with Gasteiger partial charge >= 0.3 is 0 Å². The molecule has 0 atom stereocenters. The normalized spacial score (nSPS) is 11.8. The summed E-state index contributed by atoms with van der Waals surface area (Å²) in [5.41, 5.74) is 10.3. The standard InChI is InChI=1S/C15H27N3/c1-10(2)8-18(11(3)4)9-14-13(6)15(16)12(5)7-17-14/h7,10-11H,8-9H2,1-6H3,(H2,16,17). The number of anilines is 1. The van der Waals surface area contributed by atoms with Crippen LogP contribution in [-0.2, 0) is 6.54 Å². The number of nitrogens with zero attached hydrogens (tertiary/aromatic N) is 2. The van der Waals surface area contributed by atoms with Crippen molar-refractivity contribution in [2.45, 2.75) is 54.1 Å². The molecule has 2 N–H and O–H groups in total. The summed E-state index contributed by atoms with van der Waals surface area (Å²) in [6.07, 6.45) is 1.88. The van der Waals surface area contributed by atoms with Gasteiger partial charge in [0.1, 0.15) is 0 Å². The SMILES string of the molecule is Cc1cnc(CN(CC(C)C)C(C)C)c(C)c1N. The molecule has 1 rings (SSSR count). The van der Waals surface area contributed by atoms with E-state index in [1.54, 1.807) is 0 Å². The van der Waals surface area contributed by atoms with Crippen molar-refractivity contribution in [3.63, 3.8) is 0 Å². The van der Waals surface area contributed by atoms with Gasteiger partial charge in [0, 0.05) is 31.0 Å². The lowest BCUT2D eigenvalue weighted by molar-refractivity contribution is 0.186. The van der Waals surface area contributed by atoms with Crippen molar-refractivity contribution < 1.29 is 0 Å². The first-order chi connectivity index (χ1) is 8.32. The molecule has 0 saturated heterocycles. The van der Waals surface area contributed by atoms with Gasteiger partial charge in [-0.1, -0.05) is 13.8 Å². The third-order valence-electron chi connectivity index (χ3n) is 3.36. The highest BCUT2D eigenvalue weighted by Gasteiger charge is 2.15. The Morgan fingerprint density at radius 2 is 1.83 bits per heavy atom. The quantitative estimate of drug-likeness (QED) is 0.871. The lowest BCUT2D eigenvalue weighted by Crippen LogP contribution is -2.34. The van der Waals surface area contributed by atoms with Crippen LogP contribution in [0.1, 0.15) is 44.5 Å². The summed E-state index contributed by atoms with van der Waals surface area (Å²) >= 11 is 0. The van der Waals surface area contributed by atoms with Crippen LogP contribution in [0.15, 0.2) is 6.20 Å². The van der Waals surface area contributed by atoms with Gasteiger partial charge < -0.3 is 5.73 Å². The van der Waals surface area contributed by atoms with Crippen LogP contribution in [0.25, 0.3) is 0 Å². The summed E-state index contributed by atoms with van der Waals surface area (Å²) < 4.78 is 0. The molecule has 1 heterocycles. The van der Waals surface area contributed by atoms with Crippen molar-refractivity contribution in [1.29, 1.82) is 0 Å². The summed E-state index contributed by atoms with van der Waals surface area (Å²) in [5.74, 6) is 0.663. The van der Waals surface area contributed by atoms with Crippen molar-refractivity contribution >= 4 is 5.69 Å². The van der Waals surface area contributed by atoms with E-state index < -0.39 is 0 Å². The molecular weight excluding hydrogens is 222 g/mol. The van der Waals surface area contributed by atoms with Crippen LogP contribution in [-0.4, -0.2) is 22.5 Å². The molecule has 0 aliphatic carbocycles. The molecule has 0 fully saturated rings. The maximum absolute atomic E-state index is 6.08. The first kappa shape index (κ1) is 15.0. The predicted octanol–water partition coefficient (Wildman–Crippen LogP) is 3.15. The number of nitrogens with two attached hydrogens (primary N) is 1. The van der Waals surface area contributed by atoms with Gasteiger partial charge in [0.25, 0.3) is 0 Å². The minimum absolute atomic E-state index is 0.524. The van der Waals surface area contributed by atoms with Crippen LogP contribution in [0.5, 0.6) is 0 Å². The van der Waals surface area contributed by atoms with Crippen molar-refractivity contribution in [2.75, 3.05) is 12.3 Å². The lowest BCUT2D eigenvalue weighted by Gasteiger charge is -2.28. The summed E-state index contributed by atoms with van der Waals surface area (Å²) in [7, 11) is 0. The average Bonchev–Trinajstić information content (AvgIpc) is 2.28. The number of aromatic nitrogens is 1.